The van der Waals surface area contributed by atoms with E-state index in [1.807, 2.05) is 31.2 Å². The Morgan fingerprint density at radius 2 is 1.81 bits per heavy atom. The van der Waals surface area contributed by atoms with Gasteiger partial charge in [0.2, 0.25) is 10.0 Å². The molecule has 3 rings (SSSR count). The minimum absolute atomic E-state index is 0.00499. The maximum absolute atomic E-state index is 12.9. The second kappa shape index (κ2) is 8.42. The Labute approximate surface area is 165 Å². The summed E-state index contributed by atoms with van der Waals surface area (Å²) in [5.41, 5.74) is 2.38. The first-order chi connectivity index (χ1) is 12.9. The molecule has 0 spiro atoms. The number of aryl methyl sites for hydroxylation is 1. The molecule has 1 fully saturated rings. The molecule has 1 N–H and O–H groups in total. The lowest BCUT2D eigenvalue weighted by Gasteiger charge is -2.26. The first kappa shape index (κ1) is 19.9. The van der Waals surface area contributed by atoms with E-state index in [0.717, 1.165) is 30.4 Å². The lowest BCUT2D eigenvalue weighted by molar-refractivity contribution is 0.0950. The Kier molecular flexibility index (Phi) is 6.19. The van der Waals surface area contributed by atoms with Crippen molar-refractivity contribution in [1.29, 1.82) is 0 Å². The van der Waals surface area contributed by atoms with E-state index < -0.39 is 10.0 Å². The smallest absolute Gasteiger partial charge is 0.251 e. The summed E-state index contributed by atoms with van der Waals surface area (Å²) in [5.74, 6) is -0.329. The molecule has 144 valence electrons. The van der Waals surface area contributed by atoms with Crippen molar-refractivity contribution in [2.45, 2.75) is 37.6 Å². The molecule has 27 heavy (non-hydrogen) atoms. The van der Waals surface area contributed by atoms with Crippen molar-refractivity contribution in [3.63, 3.8) is 0 Å². The van der Waals surface area contributed by atoms with Crippen molar-refractivity contribution in [1.82, 2.24) is 9.62 Å². The van der Waals surface area contributed by atoms with Gasteiger partial charge in [0.25, 0.3) is 5.91 Å². The molecular formula is C20H23ClN2O3S. The number of piperidine rings is 1. The molecule has 0 aliphatic carbocycles. The lowest BCUT2D eigenvalue weighted by Crippen LogP contribution is -2.36. The number of amides is 1. The number of hydrogen-bond acceptors (Lipinski definition) is 3. The van der Waals surface area contributed by atoms with E-state index >= 15 is 0 Å². The lowest BCUT2D eigenvalue weighted by atomic mass is 10.1. The summed E-state index contributed by atoms with van der Waals surface area (Å²) in [5, 5.41) is 2.98. The standard InChI is InChI=1S/C20H23ClN2O3S/c1-15-7-3-4-8-17(15)14-22-20(24)16-9-10-18(21)19(13-16)27(25,26)23-11-5-2-6-12-23/h3-4,7-10,13H,2,5-6,11-12,14H2,1H3,(H,22,24). The van der Waals surface area contributed by atoms with Crippen molar-refractivity contribution < 1.29 is 13.2 Å². The number of benzene rings is 2. The van der Waals surface area contributed by atoms with E-state index in [1.165, 1.54) is 16.4 Å². The third-order valence-corrected chi connectivity index (χ3v) is 7.21. The second-order valence-corrected chi connectivity index (χ2v) is 9.03. The summed E-state index contributed by atoms with van der Waals surface area (Å²) in [7, 11) is -3.70. The van der Waals surface area contributed by atoms with Gasteiger partial charge in [-0.25, -0.2) is 8.42 Å². The van der Waals surface area contributed by atoms with E-state index in [9.17, 15) is 13.2 Å². The topological polar surface area (TPSA) is 66.5 Å². The molecule has 2 aromatic carbocycles. The average molecular weight is 407 g/mol. The summed E-state index contributed by atoms with van der Waals surface area (Å²) in [4.78, 5) is 12.5. The molecular weight excluding hydrogens is 384 g/mol. The highest BCUT2D eigenvalue weighted by molar-refractivity contribution is 7.89. The van der Waals surface area contributed by atoms with Crippen LogP contribution in [0.5, 0.6) is 0 Å². The van der Waals surface area contributed by atoms with Crippen molar-refractivity contribution in [2.75, 3.05) is 13.1 Å². The number of nitrogens with one attached hydrogen (secondary N) is 1. The molecule has 5 nitrogen and oxygen atoms in total. The van der Waals surface area contributed by atoms with Crippen LogP contribution in [0, 0.1) is 6.92 Å². The zero-order valence-corrected chi connectivity index (χ0v) is 16.8. The highest BCUT2D eigenvalue weighted by Crippen LogP contribution is 2.28. The van der Waals surface area contributed by atoms with Gasteiger partial charge in [0.1, 0.15) is 4.90 Å². The number of halogens is 1. The Morgan fingerprint density at radius 1 is 1.11 bits per heavy atom. The van der Waals surface area contributed by atoms with Crippen LogP contribution in [0.4, 0.5) is 0 Å². The molecule has 0 unspecified atom stereocenters. The number of carbonyl (C=O) groups is 1. The van der Waals surface area contributed by atoms with Crippen molar-refractivity contribution in [3.05, 3.63) is 64.2 Å². The van der Waals surface area contributed by atoms with Gasteiger partial charge in [-0.05, 0) is 49.1 Å². The van der Waals surface area contributed by atoms with Crippen LogP contribution in [0.15, 0.2) is 47.4 Å². The van der Waals surface area contributed by atoms with E-state index in [-0.39, 0.29) is 21.4 Å². The largest absolute Gasteiger partial charge is 0.348 e. The van der Waals surface area contributed by atoms with E-state index in [1.54, 1.807) is 6.07 Å². The summed E-state index contributed by atoms with van der Waals surface area (Å²) in [6.07, 6.45) is 2.71. The van der Waals surface area contributed by atoms with Crippen LogP contribution in [0.25, 0.3) is 0 Å². The van der Waals surface area contributed by atoms with Gasteiger partial charge in [0.15, 0.2) is 0 Å². The van der Waals surface area contributed by atoms with Crippen molar-refractivity contribution in [3.8, 4) is 0 Å². The van der Waals surface area contributed by atoms with E-state index in [2.05, 4.69) is 5.32 Å². The Morgan fingerprint density at radius 3 is 2.52 bits per heavy atom. The Bertz CT molecular complexity index is 938. The highest BCUT2D eigenvalue weighted by Gasteiger charge is 2.28. The summed E-state index contributed by atoms with van der Waals surface area (Å²) >= 11 is 6.16. The monoisotopic (exact) mass is 406 g/mol. The predicted octanol–water partition coefficient (Wildman–Crippen LogP) is 3.75. The number of hydrogen-bond donors (Lipinski definition) is 1. The van der Waals surface area contributed by atoms with Crippen LogP contribution in [-0.2, 0) is 16.6 Å². The second-order valence-electron chi connectivity index (χ2n) is 6.72. The minimum atomic E-state index is -3.70. The van der Waals surface area contributed by atoms with Gasteiger partial charge in [-0.1, -0.05) is 42.3 Å². The van der Waals surface area contributed by atoms with Crippen LogP contribution < -0.4 is 5.32 Å². The van der Waals surface area contributed by atoms with Crippen molar-refractivity contribution in [2.24, 2.45) is 0 Å². The summed E-state index contributed by atoms with van der Waals surface area (Å²) in [6, 6.07) is 12.2. The van der Waals surface area contributed by atoms with Gasteiger partial charge < -0.3 is 5.32 Å². The molecule has 2 aromatic rings. The van der Waals surface area contributed by atoms with Gasteiger partial charge in [-0.15, -0.1) is 0 Å². The van der Waals surface area contributed by atoms with Gasteiger partial charge >= 0.3 is 0 Å². The minimum Gasteiger partial charge on any atom is -0.348 e. The highest BCUT2D eigenvalue weighted by atomic mass is 35.5. The van der Waals surface area contributed by atoms with Crippen LogP contribution in [0.2, 0.25) is 5.02 Å². The SMILES string of the molecule is Cc1ccccc1CNC(=O)c1ccc(Cl)c(S(=O)(=O)N2CCCCC2)c1. The predicted molar refractivity (Wildman–Crippen MR) is 106 cm³/mol. The van der Waals surface area contributed by atoms with Crippen LogP contribution >= 0.6 is 11.6 Å². The summed E-state index contributed by atoms with van der Waals surface area (Å²) < 4.78 is 27.3. The molecule has 1 aliphatic heterocycles. The number of sulfonamides is 1. The zero-order valence-electron chi connectivity index (χ0n) is 15.2. The first-order valence-corrected chi connectivity index (χ1v) is 10.8. The van der Waals surface area contributed by atoms with Gasteiger partial charge in [-0.3, -0.25) is 4.79 Å². The molecule has 0 atom stereocenters. The van der Waals surface area contributed by atoms with Gasteiger partial charge in [0, 0.05) is 25.2 Å². The molecule has 7 heteroatoms. The van der Waals surface area contributed by atoms with Gasteiger partial charge in [-0.2, -0.15) is 4.31 Å². The molecule has 1 saturated heterocycles. The quantitative estimate of drug-likeness (QED) is 0.822. The normalized spacial score (nSPS) is 15.5. The van der Waals surface area contributed by atoms with Crippen LogP contribution in [-0.4, -0.2) is 31.7 Å². The summed E-state index contributed by atoms with van der Waals surface area (Å²) in [6.45, 7) is 3.33. The van der Waals surface area contributed by atoms with E-state index in [4.69, 9.17) is 11.6 Å². The van der Waals surface area contributed by atoms with Crippen molar-refractivity contribution >= 4 is 27.5 Å². The fourth-order valence-corrected chi connectivity index (χ4v) is 5.19. The maximum Gasteiger partial charge on any atom is 0.251 e. The zero-order chi connectivity index (χ0) is 19.4. The average Bonchev–Trinajstić information content (AvgIpc) is 2.68. The third-order valence-electron chi connectivity index (χ3n) is 4.83. The van der Waals surface area contributed by atoms with Gasteiger partial charge in [0.05, 0.1) is 5.02 Å². The third kappa shape index (κ3) is 4.51. The molecule has 1 heterocycles. The Balaban J connectivity index is 1.80. The molecule has 0 bridgehead atoms. The fraction of sp³-hybridized carbons (Fsp3) is 0.350. The number of nitrogens with zero attached hydrogens (tertiary/aromatic N) is 1. The molecule has 1 amide bonds. The maximum atomic E-state index is 12.9. The Hall–Kier alpha value is -1.89. The fourth-order valence-electron chi connectivity index (χ4n) is 3.17. The number of carbonyl (C=O) groups excluding carboxylic acids is 1. The molecule has 0 aromatic heterocycles. The molecule has 0 radical (unpaired) electrons. The van der Waals surface area contributed by atoms with Crippen LogP contribution in [0.1, 0.15) is 40.7 Å². The van der Waals surface area contributed by atoms with Crippen LogP contribution in [0.3, 0.4) is 0 Å². The van der Waals surface area contributed by atoms with E-state index in [0.29, 0.717) is 19.6 Å². The molecule has 0 saturated carbocycles. The number of rotatable bonds is 5. The first-order valence-electron chi connectivity index (χ1n) is 9.02. The molecule has 1 aliphatic rings.